The Morgan fingerprint density at radius 3 is 2.49 bits per heavy atom. The molecule has 3 unspecified atom stereocenters. The third-order valence-corrected chi connectivity index (χ3v) is 6.26. The average Bonchev–Trinajstić information content (AvgIpc) is 3.21. The highest BCUT2D eigenvalue weighted by atomic mass is 16.5. The molecule has 0 spiro atoms. The fourth-order valence-electron chi connectivity index (χ4n) is 4.23. The maximum atomic E-state index is 12.3. The number of hydrogen-bond donors (Lipinski definition) is 3. The van der Waals surface area contributed by atoms with E-state index in [-0.39, 0.29) is 24.3 Å². The van der Waals surface area contributed by atoms with Gasteiger partial charge in [-0.15, -0.1) is 0 Å². The number of benzene rings is 1. The number of carbonyl (C=O) groups is 1. The highest BCUT2D eigenvalue weighted by Gasteiger charge is 2.35. The lowest BCUT2D eigenvalue weighted by Gasteiger charge is -2.32. The Kier molecular flexibility index (Phi) is 6.71. The lowest BCUT2D eigenvalue weighted by Crippen LogP contribution is -2.43. The molecule has 2 aromatic heterocycles. The molecule has 35 heavy (non-hydrogen) atoms. The molecule has 2 bridgehead atoms. The van der Waals surface area contributed by atoms with Gasteiger partial charge in [-0.2, -0.15) is 15.0 Å². The number of urea groups is 1. The van der Waals surface area contributed by atoms with Crippen molar-refractivity contribution in [3.05, 3.63) is 48.8 Å². The van der Waals surface area contributed by atoms with Crippen LogP contribution in [-0.4, -0.2) is 57.3 Å². The zero-order valence-electron chi connectivity index (χ0n) is 19.9. The number of anilines is 4. The summed E-state index contributed by atoms with van der Waals surface area (Å²) in [6, 6.07) is 10.9. The zero-order chi connectivity index (χ0) is 24.2. The number of rotatable bonds is 7. The summed E-state index contributed by atoms with van der Waals surface area (Å²) in [6.45, 7) is 5.81. The molecular formula is C25H30N8O2. The van der Waals surface area contributed by atoms with Crippen molar-refractivity contribution in [3.8, 4) is 11.4 Å². The van der Waals surface area contributed by atoms with Crippen LogP contribution in [-0.2, 0) is 4.74 Å². The van der Waals surface area contributed by atoms with Crippen LogP contribution in [0, 0.1) is 0 Å². The van der Waals surface area contributed by atoms with Gasteiger partial charge in [0.05, 0.1) is 24.1 Å². The summed E-state index contributed by atoms with van der Waals surface area (Å²) in [5.41, 5.74) is 2.12. The molecule has 2 aliphatic rings. The Morgan fingerprint density at radius 1 is 1.06 bits per heavy atom. The number of nitrogens with one attached hydrogen (secondary N) is 3. The predicted molar refractivity (Wildman–Crippen MR) is 136 cm³/mol. The molecular weight excluding hydrogens is 444 g/mol. The van der Waals surface area contributed by atoms with Gasteiger partial charge in [0, 0.05) is 36.6 Å². The smallest absolute Gasteiger partial charge is 0.323 e. The fourth-order valence-corrected chi connectivity index (χ4v) is 4.23. The molecule has 2 amide bonds. The first-order valence-electron chi connectivity index (χ1n) is 12.1. The summed E-state index contributed by atoms with van der Waals surface area (Å²) in [7, 11) is 0. The van der Waals surface area contributed by atoms with E-state index < -0.39 is 0 Å². The van der Waals surface area contributed by atoms with Gasteiger partial charge in [-0.05, 0) is 62.6 Å². The van der Waals surface area contributed by atoms with Crippen LogP contribution >= 0.6 is 0 Å². The number of carbonyl (C=O) groups excluding carboxylic acids is 1. The summed E-state index contributed by atoms with van der Waals surface area (Å²) in [4.78, 5) is 32.7. The number of pyridine rings is 1. The first kappa shape index (κ1) is 23.0. The molecule has 3 aromatic rings. The maximum absolute atomic E-state index is 12.3. The van der Waals surface area contributed by atoms with E-state index in [2.05, 4.69) is 44.7 Å². The Hall–Kier alpha value is -3.79. The number of fused-ring (bicyclic) bond motifs is 2. The number of aromatic nitrogens is 4. The van der Waals surface area contributed by atoms with Crippen LogP contribution in [0.25, 0.3) is 11.4 Å². The van der Waals surface area contributed by atoms with Gasteiger partial charge in [-0.3, -0.25) is 4.98 Å². The standard InChI is InChI=1S/C25H30N8O2/c1-3-16(2)27-23-30-22(31-24(32-23)33-14-20-10-11-21(15-33)35-20)17-6-8-18(9-7-17)28-25(34)29-19-5-4-12-26-13-19/h4-9,12-13,16,20-21H,3,10-11,14-15H2,1-2H3,(H2,28,29,34)(H,27,30,31,32). The van der Waals surface area contributed by atoms with E-state index in [0.717, 1.165) is 37.9 Å². The van der Waals surface area contributed by atoms with Crippen LogP contribution < -0.4 is 20.9 Å². The number of morpholine rings is 1. The Balaban J connectivity index is 1.34. The number of hydrogen-bond acceptors (Lipinski definition) is 8. The van der Waals surface area contributed by atoms with Crippen LogP contribution in [0.3, 0.4) is 0 Å². The van der Waals surface area contributed by atoms with Gasteiger partial charge in [0.25, 0.3) is 0 Å². The second-order valence-electron chi connectivity index (χ2n) is 9.00. The van der Waals surface area contributed by atoms with Crippen LogP contribution in [0.1, 0.15) is 33.1 Å². The largest absolute Gasteiger partial charge is 0.371 e. The second-order valence-corrected chi connectivity index (χ2v) is 9.00. The normalized spacial score (nSPS) is 19.8. The second kappa shape index (κ2) is 10.2. The van der Waals surface area contributed by atoms with Crippen LogP contribution in [0.5, 0.6) is 0 Å². The Labute approximate surface area is 204 Å². The van der Waals surface area contributed by atoms with Crippen molar-refractivity contribution in [2.45, 2.75) is 51.4 Å². The van der Waals surface area contributed by atoms with Crippen LogP contribution in [0.4, 0.5) is 28.1 Å². The third-order valence-electron chi connectivity index (χ3n) is 6.26. The maximum Gasteiger partial charge on any atom is 0.323 e. The van der Waals surface area contributed by atoms with E-state index in [1.165, 1.54) is 0 Å². The van der Waals surface area contributed by atoms with Crippen molar-refractivity contribution in [3.63, 3.8) is 0 Å². The minimum Gasteiger partial charge on any atom is -0.371 e. The number of nitrogens with zero attached hydrogens (tertiary/aromatic N) is 5. The van der Waals surface area contributed by atoms with E-state index in [0.29, 0.717) is 29.1 Å². The SMILES string of the molecule is CCC(C)Nc1nc(-c2ccc(NC(=O)Nc3cccnc3)cc2)nc(N2CC3CCC(C2)O3)n1. The average molecular weight is 475 g/mol. The van der Waals surface area contributed by atoms with E-state index >= 15 is 0 Å². The van der Waals surface area contributed by atoms with Gasteiger partial charge in [0.2, 0.25) is 11.9 Å². The molecule has 10 nitrogen and oxygen atoms in total. The molecule has 0 aliphatic carbocycles. The van der Waals surface area contributed by atoms with Gasteiger partial charge in [-0.25, -0.2) is 4.79 Å². The molecule has 5 rings (SSSR count). The van der Waals surface area contributed by atoms with E-state index in [1.807, 2.05) is 24.3 Å². The Morgan fingerprint density at radius 2 is 1.80 bits per heavy atom. The summed E-state index contributed by atoms with van der Waals surface area (Å²) in [6.07, 6.45) is 6.85. The van der Waals surface area contributed by atoms with Crippen LogP contribution in [0.15, 0.2) is 48.8 Å². The van der Waals surface area contributed by atoms with Crippen LogP contribution in [0.2, 0.25) is 0 Å². The molecule has 3 atom stereocenters. The summed E-state index contributed by atoms with van der Waals surface area (Å²) in [5, 5.41) is 8.97. The Bertz CT molecular complexity index is 1150. The molecule has 3 N–H and O–H groups in total. The monoisotopic (exact) mass is 474 g/mol. The minimum absolute atomic E-state index is 0.239. The summed E-state index contributed by atoms with van der Waals surface area (Å²) in [5.74, 6) is 1.82. The minimum atomic E-state index is -0.338. The molecule has 4 heterocycles. The van der Waals surface area contributed by atoms with E-state index in [1.54, 1.807) is 24.5 Å². The molecule has 0 saturated carbocycles. The quantitative estimate of drug-likeness (QED) is 0.467. The van der Waals surface area contributed by atoms with Gasteiger partial charge >= 0.3 is 6.03 Å². The number of ether oxygens (including phenoxy) is 1. The molecule has 2 aliphatic heterocycles. The molecule has 10 heteroatoms. The van der Waals surface area contributed by atoms with Gasteiger partial charge in [0.15, 0.2) is 5.82 Å². The van der Waals surface area contributed by atoms with Crippen molar-refractivity contribution in [2.75, 3.05) is 33.9 Å². The number of amides is 2. The van der Waals surface area contributed by atoms with E-state index in [4.69, 9.17) is 14.7 Å². The molecule has 2 fully saturated rings. The van der Waals surface area contributed by atoms with Gasteiger partial charge in [-0.1, -0.05) is 6.92 Å². The van der Waals surface area contributed by atoms with Crippen molar-refractivity contribution in [2.24, 2.45) is 0 Å². The third kappa shape index (κ3) is 5.65. The highest BCUT2D eigenvalue weighted by molar-refractivity contribution is 5.99. The van der Waals surface area contributed by atoms with Gasteiger partial charge < -0.3 is 25.6 Å². The molecule has 182 valence electrons. The first-order chi connectivity index (χ1) is 17.1. The van der Waals surface area contributed by atoms with E-state index in [9.17, 15) is 4.79 Å². The molecule has 2 saturated heterocycles. The molecule has 1 aromatic carbocycles. The summed E-state index contributed by atoms with van der Waals surface area (Å²) >= 11 is 0. The predicted octanol–water partition coefficient (Wildman–Crippen LogP) is 4.16. The fraction of sp³-hybridized carbons (Fsp3) is 0.400. The first-order valence-corrected chi connectivity index (χ1v) is 12.1. The lowest BCUT2D eigenvalue weighted by atomic mass is 10.2. The van der Waals surface area contributed by atoms with Crippen molar-refractivity contribution in [1.82, 2.24) is 19.9 Å². The zero-order valence-corrected chi connectivity index (χ0v) is 19.9. The lowest BCUT2D eigenvalue weighted by molar-refractivity contribution is 0.0299. The van der Waals surface area contributed by atoms with Crippen molar-refractivity contribution >= 4 is 29.3 Å². The topological polar surface area (TPSA) is 117 Å². The van der Waals surface area contributed by atoms with Crippen molar-refractivity contribution < 1.29 is 9.53 Å². The highest BCUT2D eigenvalue weighted by Crippen LogP contribution is 2.29. The van der Waals surface area contributed by atoms with Gasteiger partial charge in [0.1, 0.15) is 0 Å². The molecule has 0 radical (unpaired) electrons. The van der Waals surface area contributed by atoms with Crippen molar-refractivity contribution in [1.29, 1.82) is 0 Å². The summed E-state index contributed by atoms with van der Waals surface area (Å²) < 4.78 is 5.99.